The normalized spacial score (nSPS) is 11.3. The number of para-hydroxylation sites is 4. The first-order chi connectivity index (χ1) is 11.9. The second-order valence-corrected chi connectivity index (χ2v) is 5.75. The van der Waals surface area contributed by atoms with Gasteiger partial charge in [-0.1, -0.05) is 48.5 Å². The summed E-state index contributed by atoms with van der Waals surface area (Å²) in [7, 11) is 0. The van der Waals surface area contributed by atoms with Gasteiger partial charge in [0.05, 0.1) is 27.8 Å². The fourth-order valence-corrected chi connectivity index (χ4v) is 3.11. The Morgan fingerprint density at radius 1 is 0.625 bits per heavy atom. The van der Waals surface area contributed by atoms with E-state index in [9.17, 15) is 0 Å². The number of hydrogen-bond acceptors (Lipinski definition) is 3. The van der Waals surface area contributed by atoms with Gasteiger partial charge in [0.15, 0.2) is 0 Å². The molecule has 4 heteroatoms. The van der Waals surface area contributed by atoms with Crippen molar-refractivity contribution in [3.63, 3.8) is 0 Å². The molecule has 5 aromatic rings. The molecule has 4 nitrogen and oxygen atoms in total. The van der Waals surface area contributed by atoms with Crippen LogP contribution in [0.3, 0.4) is 0 Å². The molecular weight excluding hydrogens is 296 g/mol. The van der Waals surface area contributed by atoms with Crippen molar-refractivity contribution in [2.24, 2.45) is 0 Å². The lowest BCUT2D eigenvalue weighted by molar-refractivity contribution is 1.32. The molecule has 2 heterocycles. The summed E-state index contributed by atoms with van der Waals surface area (Å²) in [5, 5.41) is 5.63. The van der Waals surface area contributed by atoms with Gasteiger partial charge in [-0.25, -0.2) is 9.97 Å². The Labute approximate surface area is 138 Å². The number of pyridine rings is 1. The molecule has 0 spiro atoms. The van der Waals surface area contributed by atoms with E-state index in [0.717, 1.165) is 44.5 Å². The molecule has 2 N–H and O–H groups in total. The first-order valence-corrected chi connectivity index (χ1v) is 7.88. The smallest absolute Gasteiger partial charge is 0.205 e. The maximum absolute atomic E-state index is 4.75. The predicted octanol–water partition coefficient (Wildman–Crippen LogP) is 5.01. The Bertz CT molecular complexity index is 1100. The fraction of sp³-hybridized carbons (Fsp3) is 0. The zero-order valence-electron chi connectivity index (χ0n) is 12.8. The number of fused-ring (bicyclic) bond motifs is 3. The molecule has 0 bridgehead atoms. The third-order valence-corrected chi connectivity index (χ3v) is 4.22. The van der Waals surface area contributed by atoms with Gasteiger partial charge in [-0.2, -0.15) is 0 Å². The van der Waals surface area contributed by atoms with Gasteiger partial charge in [-0.15, -0.1) is 0 Å². The van der Waals surface area contributed by atoms with E-state index in [1.807, 2.05) is 60.7 Å². The van der Waals surface area contributed by atoms with Crippen molar-refractivity contribution in [2.75, 3.05) is 5.32 Å². The maximum Gasteiger partial charge on any atom is 0.205 e. The Morgan fingerprint density at radius 3 is 1.88 bits per heavy atom. The molecule has 2 aromatic heterocycles. The summed E-state index contributed by atoms with van der Waals surface area (Å²) in [5.74, 6) is 0.734. The van der Waals surface area contributed by atoms with Crippen LogP contribution in [-0.2, 0) is 0 Å². The number of H-pyrrole nitrogens is 1. The molecule has 0 fully saturated rings. The zero-order chi connectivity index (χ0) is 15.9. The highest BCUT2D eigenvalue weighted by molar-refractivity contribution is 6.08. The summed E-state index contributed by atoms with van der Waals surface area (Å²) < 4.78 is 0. The van der Waals surface area contributed by atoms with E-state index in [4.69, 9.17) is 4.98 Å². The lowest BCUT2D eigenvalue weighted by Gasteiger charge is -2.11. The first kappa shape index (κ1) is 13.1. The highest BCUT2D eigenvalue weighted by Crippen LogP contribution is 2.32. The summed E-state index contributed by atoms with van der Waals surface area (Å²) in [6, 6.07) is 24.3. The van der Waals surface area contributed by atoms with Crippen molar-refractivity contribution in [3.8, 4) is 0 Å². The second kappa shape index (κ2) is 5.06. The molecule has 0 saturated heterocycles. The lowest BCUT2D eigenvalue weighted by atomic mass is 10.1. The van der Waals surface area contributed by atoms with Gasteiger partial charge >= 0.3 is 0 Å². The SMILES string of the molecule is c1ccc2[nH]c(Nc3c4ccccc4nc4ccccc34)nc2c1. The van der Waals surface area contributed by atoms with Gasteiger partial charge in [0, 0.05) is 10.8 Å². The number of benzene rings is 3. The minimum Gasteiger partial charge on any atom is -0.325 e. The summed E-state index contributed by atoms with van der Waals surface area (Å²) >= 11 is 0. The van der Waals surface area contributed by atoms with Crippen molar-refractivity contribution in [1.82, 2.24) is 15.0 Å². The molecule has 3 aromatic carbocycles. The molecule has 0 atom stereocenters. The molecular formula is C20H14N4. The van der Waals surface area contributed by atoms with Gasteiger partial charge in [0.25, 0.3) is 0 Å². The number of nitrogens with one attached hydrogen (secondary N) is 2. The van der Waals surface area contributed by atoms with Crippen LogP contribution < -0.4 is 5.32 Å². The van der Waals surface area contributed by atoms with E-state index < -0.39 is 0 Å². The van der Waals surface area contributed by atoms with Gasteiger partial charge in [-0.3, -0.25) is 0 Å². The van der Waals surface area contributed by atoms with Crippen LogP contribution in [0, 0.1) is 0 Å². The Morgan fingerprint density at radius 2 is 1.21 bits per heavy atom. The highest BCUT2D eigenvalue weighted by Gasteiger charge is 2.10. The van der Waals surface area contributed by atoms with Gasteiger partial charge in [0.1, 0.15) is 0 Å². The molecule has 0 saturated carbocycles. The topological polar surface area (TPSA) is 53.6 Å². The van der Waals surface area contributed by atoms with Crippen LogP contribution in [0.5, 0.6) is 0 Å². The number of imidazole rings is 1. The van der Waals surface area contributed by atoms with E-state index in [1.54, 1.807) is 0 Å². The molecule has 0 aliphatic heterocycles. The summed E-state index contributed by atoms with van der Waals surface area (Å²) in [5.41, 5.74) is 4.92. The number of nitrogens with zero attached hydrogens (tertiary/aromatic N) is 2. The molecule has 24 heavy (non-hydrogen) atoms. The Hall–Kier alpha value is -3.40. The third kappa shape index (κ3) is 2.01. The van der Waals surface area contributed by atoms with Crippen LogP contribution in [0.1, 0.15) is 0 Å². The van der Waals surface area contributed by atoms with E-state index in [1.165, 1.54) is 0 Å². The summed E-state index contributed by atoms with van der Waals surface area (Å²) in [6.07, 6.45) is 0. The van der Waals surface area contributed by atoms with Crippen molar-refractivity contribution in [3.05, 3.63) is 72.8 Å². The van der Waals surface area contributed by atoms with E-state index in [2.05, 4.69) is 27.4 Å². The van der Waals surface area contributed by atoms with Crippen LogP contribution in [-0.4, -0.2) is 15.0 Å². The van der Waals surface area contributed by atoms with Gasteiger partial charge in [0.2, 0.25) is 5.95 Å². The lowest BCUT2D eigenvalue weighted by Crippen LogP contribution is -1.96. The predicted molar refractivity (Wildman–Crippen MR) is 98.6 cm³/mol. The van der Waals surface area contributed by atoms with Crippen LogP contribution >= 0.6 is 0 Å². The maximum atomic E-state index is 4.75. The van der Waals surface area contributed by atoms with Crippen molar-refractivity contribution in [2.45, 2.75) is 0 Å². The van der Waals surface area contributed by atoms with Crippen LogP contribution in [0.2, 0.25) is 0 Å². The van der Waals surface area contributed by atoms with Crippen molar-refractivity contribution >= 4 is 44.5 Å². The molecule has 0 radical (unpaired) electrons. The Kier molecular flexibility index (Phi) is 2.76. The first-order valence-electron chi connectivity index (χ1n) is 7.88. The zero-order valence-corrected chi connectivity index (χ0v) is 12.8. The van der Waals surface area contributed by atoms with Gasteiger partial charge in [-0.05, 0) is 24.3 Å². The van der Waals surface area contributed by atoms with Crippen LogP contribution in [0.4, 0.5) is 11.6 Å². The Balaban J connectivity index is 1.76. The number of hydrogen-bond donors (Lipinski definition) is 2. The molecule has 0 aliphatic carbocycles. The van der Waals surface area contributed by atoms with E-state index in [-0.39, 0.29) is 0 Å². The summed E-state index contributed by atoms with van der Waals surface area (Å²) in [6.45, 7) is 0. The van der Waals surface area contributed by atoms with Crippen LogP contribution in [0.25, 0.3) is 32.8 Å². The van der Waals surface area contributed by atoms with E-state index in [0.29, 0.717) is 0 Å². The second-order valence-electron chi connectivity index (χ2n) is 5.75. The number of anilines is 2. The molecule has 0 amide bonds. The third-order valence-electron chi connectivity index (χ3n) is 4.22. The van der Waals surface area contributed by atoms with Crippen LogP contribution in [0.15, 0.2) is 72.8 Å². The average Bonchev–Trinajstić information content (AvgIpc) is 3.04. The molecule has 0 aliphatic rings. The largest absolute Gasteiger partial charge is 0.325 e. The van der Waals surface area contributed by atoms with Crippen molar-refractivity contribution in [1.29, 1.82) is 0 Å². The summed E-state index contributed by atoms with van der Waals surface area (Å²) in [4.78, 5) is 12.7. The van der Waals surface area contributed by atoms with E-state index >= 15 is 0 Å². The molecule has 0 unspecified atom stereocenters. The number of aromatic amines is 1. The fourth-order valence-electron chi connectivity index (χ4n) is 3.11. The minimum absolute atomic E-state index is 0.734. The average molecular weight is 310 g/mol. The standard InChI is InChI=1S/C20H14N4/c1-3-9-15-13(7-1)19(14-8-2-4-10-16(14)21-15)24-20-22-17-11-5-6-12-18(17)23-20/h1-12H,(H2,21,22,23,24). The van der Waals surface area contributed by atoms with Crippen molar-refractivity contribution < 1.29 is 0 Å². The van der Waals surface area contributed by atoms with Gasteiger partial charge < -0.3 is 10.3 Å². The quantitative estimate of drug-likeness (QED) is 0.451. The monoisotopic (exact) mass is 310 g/mol. The highest BCUT2D eigenvalue weighted by atomic mass is 15.1. The molecule has 114 valence electrons. The minimum atomic E-state index is 0.734. The number of rotatable bonds is 2. The number of aromatic nitrogens is 3. The molecule has 5 rings (SSSR count).